The normalized spacial score (nSPS) is 16.8. The number of hydrogen-bond donors (Lipinski definition) is 2. The van der Waals surface area contributed by atoms with Crippen LogP contribution in [0.2, 0.25) is 0 Å². The minimum absolute atomic E-state index is 0.202. The molecule has 0 unspecified atom stereocenters. The number of aromatic nitrogens is 2. The first-order valence-electron chi connectivity index (χ1n) is 7.25. The molecule has 1 aliphatic rings. The van der Waals surface area contributed by atoms with Crippen LogP contribution in [0.1, 0.15) is 32.1 Å². The molecule has 21 heavy (non-hydrogen) atoms. The molecule has 116 valence electrons. The van der Waals surface area contributed by atoms with Crippen molar-refractivity contribution in [2.24, 2.45) is 5.92 Å². The Hall–Kier alpha value is -1.12. The molecule has 0 radical (unpaired) electrons. The van der Waals surface area contributed by atoms with E-state index in [1.54, 1.807) is 17.6 Å². The largest absolute Gasteiger partial charge is 0.371 e. The highest BCUT2D eigenvalue weighted by Gasteiger charge is 2.25. The number of nitrogens with zero attached hydrogens (tertiary/aromatic N) is 2. The Bertz CT molecular complexity index is 714. The lowest BCUT2D eigenvalue weighted by Gasteiger charge is -2.10. The smallest absolute Gasteiger partial charge is 0.260 e. The van der Waals surface area contributed by atoms with Crippen LogP contribution < -0.4 is 10.0 Å². The van der Waals surface area contributed by atoms with Crippen molar-refractivity contribution < 1.29 is 8.42 Å². The van der Waals surface area contributed by atoms with Gasteiger partial charge in [0, 0.05) is 25.2 Å². The number of fused-ring (bicyclic) bond motifs is 1. The van der Waals surface area contributed by atoms with Gasteiger partial charge in [-0.05, 0) is 12.3 Å². The molecule has 0 bridgehead atoms. The monoisotopic (exact) mass is 328 g/mol. The molecule has 2 aromatic rings. The standard InChI is InChI=1S/C13H20N4O2S2/c1-14-11-12(17-8-9-20-13(17)16-11)21(18,19)15-7-6-10-4-2-3-5-10/h8-10,14-15H,2-7H2,1H3. The zero-order chi connectivity index (χ0) is 14.9. The van der Waals surface area contributed by atoms with Gasteiger partial charge in [-0.2, -0.15) is 0 Å². The number of anilines is 1. The van der Waals surface area contributed by atoms with Gasteiger partial charge in [-0.25, -0.2) is 18.1 Å². The first-order chi connectivity index (χ1) is 10.1. The molecule has 1 aliphatic carbocycles. The van der Waals surface area contributed by atoms with Gasteiger partial charge in [0.25, 0.3) is 10.0 Å². The van der Waals surface area contributed by atoms with Crippen molar-refractivity contribution >= 4 is 32.1 Å². The summed E-state index contributed by atoms with van der Waals surface area (Å²) in [6.07, 6.45) is 7.66. The minimum atomic E-state index is -3.55. The summed E-state index contributed by atoms with van der Waals surface area (Å²) in [5.74, 6) is 1.07. The lowest BCUT2D eigenvalue weighted by atomic mass is 10.1. The average Bonchev–Trinajstić information content (AvgIpc) is 3.13. The Kier molecular flexibility index (Phi) is 4.19. The Labute approximate surface area is 128 Å². The second-order valence-corrected chi connectivity index (χ2v) is 7.96. The predicted molar refractivity (Wildman–Crippen MR) is 84.4 cm³/mol. The van der Waals surface area contributed by atoms with Gasteiger partial charge in [-0.1, -0.05) is 25.7 Å². The molecule has 0 amide bonds. The van der Waals surface area contributed by atoms with Crippen molar-refractivity contribution in [3.05, 3.63) is 11.6 Å². The van der Waals surface area contributed by atoms with Crippen molar-refractivity contribution in [2.45, 2.75) is 37.1 Å². The van der Waals surface area contributed by atoms with Crippen LogP contribution in [-0.4, -0.2) is 31.4 Å². The molecule has 0 spiro atoms. The topological polar surface area (TPSA) is 75.5 Å². The first kappa shape index (κ1) is 14.8. The number of imidazole rings is 1. The maximum atomic E-state index is 12.6. The van der Waals surface area contributed by atoms with Crippen LogP contribution in [0, 0.1) is 5.92 Å². The van der Waals surface area contributed by atoms with Gasteiger partial charge in [-0.3, -0.25) is 4.40 Å². The van der Waals surface area contributed by atoms with E-state index in [1.807, 2.05) is 5.38 Å². The van der Waals surface area contributed by atoms with Crippen LogP contribution in [0.25, 0.3) is 4.96 Å². The highest BCUT2D eigenvalue weighted by Crippen LogP contribution is 2.28. The van der Waals surface area contributed by atoms with E-state index in [1.165, 1.54) is 37.0 Å². The Morgan fingerprint density at radius 1 is 1.43 bits per heavy atom. The molecular formula is C13H20N4O2S2. The summed E-state index contributed by atoms with van der Waals surface area (Å²) in [7, 11) is -1.87. The molecule has 1 saturated carbocycles. The molecule has 3 rings (SSSR count). The Morgan fingerprint density at radius 2 is 2.19 bits per heavy atom. The zero-order valence-electron chi connectivity index (χ0n) is 12.0. The van der Waals surface area contributed by atoms with E-state index < -0.39 is 10.0 Å². The van der Waals surface area contributed by atoms with Crippen LogP contribution in [0.3, 0.4) is 0 Å². The van der Waals surface area contributed by atoms with E-state index in [9.17, 15) is 8.42 Å². The fraction of sp³-hybridized carbons (Fsp3) is 0.615. The molecule has 2 aromatic heterocycles. The number of rotatable bonds is 6. The van der Waals surface area contributed by atoms with Crippen LogP contribution >= 0.6 is 11.3 Å². The second kappa shape index (κ2) is 5.94. The molecule has 2 heterocycles. The highest BCUT2D eigenvalue weighted by atomic mass is 32.2. The second-order valence-electron chi connectivity index (χ2n) is 5.41. The predicted octanol–water partition coefficient (Wildman–Crippen LogP) is 2.30. The SMILES string of the molecule is CNc1nc2sccn2c1S(=O)(=O)NCCC1CCCC1. The van der Waals surface area contributed by atoms with Gasteiger partial charge < -0.3 is 5.32 Å². The highest BCUT2D eigenvalue weighted by molar-refractivity contribution is 7.89. The lowest BCUT2D eigenvalue weighted by Crippen LogP contribution is -2.27. The van der Waals surface area contributed by atoms with Gasteiger partial charge in [0.1, 0.15) is 0 Å². The maximum absolute atomic E-state index is 12.6. The fourth-order valence-electron chi connectivity index (χ4n) is 2.95. The summed E-state index contributed by atoms with van der Waals surface area (Å²) in [6, 6.07) is 0. The van der Waals surface area contributed by atoms with Gasteiger partial charge in [-0.15, -0.1) is 11.3 Å². The van der Waals surface area contributed by atoms with Gasteiger partial charge in [0.05, 0.1) is 0 Å². The maximum Gasteiger partial charge on any atom is 0.260 e. The zero-order valence-corrected chi connectivity index (χ0v) is 13.6. The van der Waals surface area contributed by atoms with Crippen molar-refractivity contribution in [1.82, 2.24) is 14.1 Å². The summed E-state index contributed by atoms with van der Waals surface area (Å²) in [5, 5.41) is 4.90. The van der Waals surface area contributed by atoms with Crippen LogP contribution in [0.15, 0.2) is 16.6 Å². The van der Waals surface area contributed by atoms with Crippen LogP contribution in [0.5, 0.6) is 0 Å². The molecule has 6 nitrogen and oxygen atoms in total. The van der Waals surface area contributed by atoms with E-state index in [0.717, 1.165) is 6.42 Å². The molecule has 1 fully saturated rings. The van der Waals surface area contributed by atoms with Gasteiger partial charge in [0.15, 0.2) is 15.8 Å². The molecule has 0 atom stereocenters. The fourth-order valence-corrected chi connectivity index (χ4v) is 5.05. The summed E-state index contributed by atoms with van der Waals surface area (Å²) >= 11 is 1.42. The Morgan fingerprint density at radius 3 is 2.90 bits per heavy atom. The summed E-state index contributed by atoms with van der Waals surface area (Å²) in [6.45, 7) is 0.494. The third-order valence-corrected chi connectivity index (χ3v) is 6.27. The summed E-state index contributed by atoms with van der Waals surface area (Å²) in [4.78, 5) is 4.97. The van der Waals surface area contributed by atoms with E-state index in [-0.39, 0.29) is 5.03 Å². The van der Waals surface area contributed by atoms with E-state index in [0.29, 0.717) is 23.2 Å². The van der Waals surface area contributed by atoms with Gasteiger partial charge in [0.2, 0.25) is 0 Å². The lowest BCUT2D eigenvalue weighted by molar-refractivity contribution is 0.495. The third kappa shape index (κ3) is 2.93. The van der Waals surface area contributed by atoms with Crippen molar-refractivity contribution in [2.75, 3.05) is 18.9 Å². The number of thiazole rings is 1. The quantitative estimate of drug-likeness (QED) is 0.853. The molecule has 0 aliphatic heterocycles. The number of hydrogen-bond acceptors (Lipinski definition) is 5. The molecular weight excluding hydrogens is 308 g/mol. The van der Waals surface area contributed by atoms with Crippen LogP contribution in [-0.2, 0) is 10.0 Å². The van der Waals surface area contributed by atoms with E-state index >= 15 is 0 Å². The Balaban J connectivity index is 1.77. The molecule has 0 aromatic carbocycles. The third-order valence-electron chi connectivity index (χ3n) is 4.03. The van der Waals surface area contributed by atoms with E-state index in [2.05, 4.69) is 15.0 Å². The van der Waals surface area contributed by atoms with E-state index in [4.69, 9.17) is 0 Å². The van der Waals surface area contributed by atoms with Crippen molar-refractivity contribution in [3.63, 3.8) is 0 Å². The molecule has 0 saturated heterocycles. The number of nitrogens with one attached hydrogen (secondary N) is 2. The van der Waals surface area contributed by atoms with Crippen molar-refractivity contribution in [1.29, 1.82) is 0 Å². The molecule has 8 heteroatoms. The average molecular weight is 328 g/mol. The summed E-state index contributed by atoms with van der Waals surface area (Å²) in [5.41, 5.74) is 0. The first-order valence-corrected chi connectivity index (χ1v) is 9.61. The number of sulfonamides is 1. The van der Waals surface area contributed by atoms with Crippen molar-refractivity contribution in [3.8, 4) is 0 Å². The summed E-state index contributed by atoms with van der Waals surface area (Å²) < 4.78 is 29.4. The minimum Gasteiger partial charge on any atom is -0.371 e. The van der Waals surface area contributed by atoms with Gasteiger partial charge >= 0.3 is 0 Å². The molecule has 2 N–H and O–H groups in total. The van der Waals surface area contributed by atoms with Crippen LogP contribution in [0.4, 0.5) is 5.82 Å².